The van der Waals surface area contributed by atoms with Gasteiger partial charge in [-0.2, -0.15) is 0 Å². The average Bonchev–Trinajstić information content (AvgIpc) is 2.03. The smallest absolute Gasteiger partial charge is 0.322 e. The van der Waals surface area contributed by atoms with Gasteiger partial charge in [-0.1, -0.05) is 39.3 Å². The summed E-state index contributed by atoms with van der Waals surface area (Å²) < 4.78 is 7.78. The van der Waals surface area contributed by atoms with Crippen LogP contribution < -0.4 is 0 Å². The van der Waals surface area contributed by atoms with Gasteiger partial charge in [0.05, 0.1) is 12.6 Å². The summed E-state index contributed by atoms with van der Waals surface area (Å²) in [6.45, 7) is 14.6. The second-order valence-electron chi connectivity index (χ2n) is 6.54. The average molecular weight is 259 g/mol. The number of rotatable bonds is 3. The summed E-state index contributed by atoms with van der Waals surface area (Å²) in [4.78, 5) is 11.9. The zero-order valence-electron chi connectivity index (χ0n) is 11.5. The quantitative estimate of drug-likeness (QED) is 0.576. The van der Waals surface area contributed by atoms with Gasteiger partial charge < -0.3 is 8.97 Å². The molecule has 0 radical (unpaired) electrons. The molecule has 1 unspecified atom stereocenters. The second kappa shape index (κ2) is 4.62. The molecule has 0 aromatic carbocycles. The van der Waals surface area contributed by atoms with E-state index in [1.807, 2.05) is 0 Å². The molecule has 0 N–H and O–H groups in total. The zero-order valence-corrected chi connectivity index (χ0v) is 13.5. The number of esters is 1. The lowest BCUT2D eigenvalue weighted by atomic mass is 10.1. The highest BCUT2D eigenvalue weighted by molar-refractivity contribution is 6.89. The molecule has 0 aromatic heterocycles. The van der Waals surface area contributed by atoms with E-state index in [-0.39, 0.29) is 12.0 Å². The summed E-state index contributed by atoms with van der Waals surface area (Å²) in [6, 6.07) is 0.0343. The van der Waals surface area contributed by atoms with Crippen LogP contribution in [-0.4, -0.2) is 39.3 Å². The Labute approximate surface area is 101 Å². The molecular weight excluding hydrogens is 234 g/mol. The largest absolute Gasteiger partial charge is 0.465 e. The van der Waals surface area contributed by atoms with E-state index in [2.05, 4.69) is 43.5 Å². The number of hydrogen-bond donors (Lipinski definition) is 0. The van der Waals surface area contributed by atoms with Gasteiger partial charge in [-0.3, -0.25) is 4.79 Å². The van der Waals surface area contributed by atoms with Crippen LogP contribution in [0, 0.1) is 0 Å². The van der Waals surface area contributed by atoms with Crippen LogP contribution in [0.4, 0.5) is 0 Å². The molecular formula is C11H25NO2Si2. The zero-order chi connectivity index (χ0) is 12.6. The maximum absolute atomic E-state index is 11.9. The third-order valence-electron chi connectivity index (χ3n) is 2.90. The molecule has 5 heteroatoms. The molecule has 0 saturated carbocycles. The van der Waals surface area contributed by atoms with Crippen LogP contribution in [-0.2, 0) is 9.53 Å². The van der Waals surface area contributed by atoms with Crippen LogP contribution in [0.15, 0.2) is 0 Å². The Morgan fingerprint density at radius 1 is 1.12 bits per heavy atom. The first-order valence-corrected chi connectivity index (χ1v) is 13.0. The minimum Gasteiger partial charge on any atom is -0.465 e. The van der Waals surface area contributed by atoms with Gasteiger partial charge in [-0.15, -0.1) is 0 Å². The Hall–Kier alpha value is -0.136. The Balaban J connectivity index is 2.97. The molecule has 1 heterocycles. The van der Waals surface area contributed by atoms with Gasteiger partial charge in [0, 0.05) is 0 Å². The summed E-state index contributed by atoms with van der Waals surface area (Å²) in [7, 11) is -2.91. The van der Waals surface area contributed by atoms with Crippen molar-refractivity contribution >= 4 is 22.4 Å². The minimum atomic E-state index is -1.46. The van der Waals surface area contributed by atoms with Crippen molar-refractivity contribution in [3.8, 4) is 0 Å². The van der Waals surface area contributed by atoms with Crippen molar-refractivity contribution in [1.29, 1.82) is 0 Å². The molecule has 94 valence electrons. The Morgan fingerprint density at radius 3 is 2.00 bits per heavy atom. The number of carbonyl (C=O) groups is 1. The Morgan fingerprint density at radius 2 is 1.62 bits per heavy atom. The van der Waals surface area contributed by atoms with Crippen molar-refractivity contribution in [3.63, 3.8) is 0 Å². The number of nitrogens with zero attached hydrogens (tertiary/aromatic N) is 1. The number of carbonyl (C=O) groups excluding carboxylic acids is 1. The lowest BCUT2D eigenvalue weighted by Gasteiger charge is -2.48. The fourth-order valence-corrected chi connectivity index (χ4v) is 13.2. The van der Waals surface area contributed by atoms with Crippen molar-refractivity contribution in [2.24, 2.45) is 0 Å². The lowest BCUT2D eigenvalue weighted by Crippen LogP contribution is -2.66. The predicted octanol–water partition coefficient (Wildman–Crippen LogP) is 2.66. The van der Waals surface area contributed by atoms with E-state index in [0.717, 1.165) is 12.8 Å². The first-order chi connectivity index (χ1) is 7.14. The molecule has 1 atom stereocenters. The van der Waals surface area contributed by atoms with E-state index >= 15 is 0 Å². The van der Waals surface area contributed by atoms with E-state index in [9.17, 15) is 4.79 Å². The van der Waals surface area contributed by atoms with Gasteiger partial charge in [0.1, 0.15) is 16.5 Å². The highest BCUT2D eigenvalue weighted by Crippen LogP contribution is 2.27. The number of ether oxygens (including phenoxy) is 1. The summed E-state index contributed by atoms with van der Waals surface area (Å²) in [5.41, 5.74) is 0. The molecule has 0 aromatic rings. The fraction of sp³-hybridized carbons (Fsp3) is 0.909. The van der Waals surface area contributed by atoms with Gasteiger partial charge in [-0.25, -0.2) is 0 Å². The maximum Gasteiger partial charge on any atom is 0.322 e. The van der Waals surface area contributed by atoms with Gasteiger partial charge >= 0.3 is 5.97 Å². The molecule has 1 rings (SSSR count). The molecule has 0 spiro atoms. The van der Waals surface area contributed by atoms with E-state index in [1.54, 1.807) is 0 Å². The third kappa shape index (κ3) is 3.18. The van der Waals surface area contributed by atoms with Crippen LogP contribution >= 0.6 is 0 Å². The summed E-state index contributed by atoms with van der Waals surface area (Å²) in [6.07, 6.45) is 2.00. The minimum absolute atomic E-state index is 0.0103. The Kier molecular flexibility index (Phi) is 4.02. The van der Waals surface area contributed by atoms with Gasteiger partial charge in [0.2, 0.25) is 0 Å². The fourth-order valence-electron chi connectivity index (χ4n) is 2.84. The van der Waals surface area contributed by atoms with Gasteiger partial charge in [-0.05, 0) is 12.8 Å². The van der Waals surface area contributed by atoms with Crippen LogP contribution in [0.5, 0.6) is 0 Å². The Bertz CT molecular complexity index is 254. The summed E-state index contributed by atoms with van der Waals surface area (Å²) in [5, 5.41) is 0. The second-order valence-corrected chi connectivity index (χ2v) is 16.6. The van der Waals surface area contributed by atoms with Gasteiger partial charge in [0.25, 0.3) is 0 Å². The van der Waals surface area contributed by atoms with Crippen molar-refractivity contribution in [2.45, 2.75) is 58.2 Å². The molecule has 0 bridgehead atoms. The first-order valence-electron chi connectivity index (χ1n) is 6.10. The molecule has 16 heavy (non-hydrogen) atoms. The topological polar surface area (TPSA) is 29.5 Å². The SMILES string of the molecule is C[Si](C)(C)N(C1CCCOC1=O)[Si](C)(C)C. The van der Waals surface area contributed by atoms with E-state index in [4.69, 9.17) is 4.74 Å². The van der Waals surface area contributed by atoms with Crippen molar-refractivity contribution in [2.75, 3.05) is 6.61 Å². The van der Waals surface area contributed by atoms with Crippen LogP contribution in [0.1, 0.15) is 12.8 Å². The van der Waals surface area contributed by atoms with E-state index in [0.29, 0.717) is 6.61 Å². The lowest BCUT2D eigenvalue weighted by molar-refractivity contribution is -0.151. The van der Waals surface area contributed by atoms with Crippen LogP contribution in [0.25, 0.3) is 0 Å². The summed E-state index contributed by atoms with van der Waals surface area (Å²) >= 11 is 0. The van der Waals surface area contributed by atoms with Crippen molar-refractivity contribution in [1.82, 2.24) is 4.23 Å². The molecule has 0 amide bonds. The third-order valence-corrected chi connectivity index (χ3v) is 10.4. The maximum atomic E-state index is 11.9. The standard InChI is InChI=1S/C11H25NO2Si2/c1-15(2,3)12(16(4,5)6)10-8-7-9-14-11(10)13/h10H,7-9H2,1-6H3. The number of cyclic esters (lactones) is 1. The normalized spacial score (nSPS) is 23.4. The van der Waals surface area contributed by atoms with Crippen LogP contribution in [0.2, 0.25) is 39.3 Å². The molecule has 1 aliphatic rings. The predicted molar refractivity (Wildman–Crippen MR) is 72.5 cm³/mol. The van der Waals surface area contributed by atoms with Crippen molar-refractivity contribution < 1.29 is 9.53 Å². The van der Waals surface area contributed by atoms with Crippen LogP contribution in [0.3, 0.4) is 0 Å². The number of hydrogen-bond acceptors (Lipinski definition) is 3. The summed E-state index contributed by atoms with van der Waals surface area (Å²) in [5.74, 6) is 0.0103. The molecule has 1 fully saturated rings. The monoisotopic (exact) mass is 259 g/mol. The van der Waals surface area contributed by atoms with E-state index in [1.165, 1.54) is 0 Å². The van der Waals surface area contributed by atoms with E-state index < -0.39 is 16.5 Å². The molecule has 1 saturated heterocycles. The molecule has 3 nitrogen and oxygen atoms in total. The molecule has 0 aliphatic carbocycles. The van der Waals surface area contributed by atoms with Gasteiger partial charge in [0.15, 0.2) is 0 Å². The highest BCUT2D eigenvalue weighted by atomic mass is 28.4. The van der Waals surface area contributed by atoms with Crippen molar-refractivity contribution in [3.05, 3.63) is 0 Å². The highest BCUT2D eigenvalue weighted by Gasteiger charge is 2.43. The molecule has 1 aliphatic heterocycles. The first kappa shape index (κ1) is 13.9.